The minimum Gasteiger partial charge on any atom is -0.338 e. The lowest BCUT2D eigenvalue weighted by Crippen LogP contribution is -2.40. The summed E-state index contributed by atoms with van der Waals surface area (Å²) in [7, 11) is 1.99. The number of hydrogen-bond acceptors (Lipinski definition) is 2. The molecule has 3 rings (SSSR count). The molecule has 3 nitrogen and oxygen atoms in total. The van der Waals surface area contributed by atoms with Crippen LogP contribution in [0.2, 0.25) is 0 Å². The average Bonchev–Trinajstić information content (AvgIpc) is 2.53. The highest BCUT2D eigenvalue weighted by atomic mass is 16.2. The Labute approximate surface area is 127 Å². The molecule has 1 saturated carbocycles. The topological polar surface area (TPSA) is 46.3 Å². The molecule has 114 valence electrons. The number of carbonyl (C=O) groups is 1. The zero-order chi connectivity index (χ0) is 14.8. The van der Waals surface area contributed by atoms with Crippen molar-refractivity contribution in [1.29, 1.82) is 0 Å². The zero-order valence-corrected chi connectivity index (χ0v) is 12.9. The lowest BCUT2D eigenvalue weighted by molar-refractivity contribution is -0.137. The van der Waals surface area contributed by atoms with Crippen molar-refractivity contribution >= 4 is 5.91 Å². The second-order valence-electron chi connectivity index (χ2n) is 6.67. The van der Waals surface area contributed by atoms with Gasteiger partial charge in [0.2, 0.25) is 5.91 Å². The number of amides is 1. The van der Waals surface area contributed by atoms with Crippen LogP contribution in [-0.4, -0.2) is 23.9 Å². The number of fused-ring (bicyclic) bond motifs is 1. The first kappa shape index (κ1) is 14.6. The highest BCUT2D eigenvalue weighted by molar-refractivity contribution is 5.79. The Hall–Kier alpha value is -1.35. The van der Waals surface area contributed by atoms with Crippen molar-refractivity contribution in [2.75, 3.05) is 7.05 Å². The van der Waals surface area contributed by atoms with E-state index in [0.717, 1.165) is 38.5 Å². The summed E-state index contributed by atoms with van der Waals surface area (Å²) in [5.74, 6) is 0.507. The van der Waals surface area contributed by atoms with Gasteiger partial charge in [-0.15, -0.1) is 0 Å². The fourth-order valence-corrected chi connectivity index (χ4v) is 3.94. The molecular weight excluding hydrogens is 260 g/mol. The molecule has 0 radical (unpaired) electrons. The van der Waals surface area contributed by atoms with Gasteiger partial charge in [-0.05, 0) is 56.1 Å². The van der Waals surface area contributed by atoms with Crippen LogP contribution in [0.1, 0.15) is 55.7 Å². The molecular formula is C18H26N2O. The third-order valence-electron chi connectivity index (χ3n) is 5.27. The molecule has 0 aliphatic heterocycles. The predicted molar refractivity (Wildman–Crippen MR) is 84.8 cm³/mol. The molecule has 3 heteroatoms. The number of carbonyl (C=O) groups excluding carboxylic acids is 1. The largest absolute Gasteiger partial charge is 0.338 e. The van der Waals surface area contributed by atoms with E-state index in [9.17, 15) is 4.79 Å². The van der Waals surface area contributed by atoms with Gasteiger partial charge < -0.3 is 10.6 Å². The molecule has 2 N–H and O–H groups in total. The highest BCUT2D eigenvalue weighted by Crippen LogP contribution is 2.35. The molecule has 0 heterocycles. The lowest BCUT2D eigenvalue weighted by Gasteiger charge is -2.36. The van der Waals surface area contributed by atoms with E-state index in [1.54, 1.807) is 0 Å². The minimum absolute atomic E-state index is 0.184. The summed E-state index contributed by atoms with van der Waals surface area (Å²) in [5, 5.41) is 0. The maximum Gasteiger partial charge on any atom is 0.225 e. The van der Waals surface area contributed by atoms with Gasteiger partial charge in [0.05, 0.1) is 6.04 Å². The van der Waals surface area contributed by atoms with Crippen molar-refractivity contribution in [2.24, 2.45) is 11.7 Å². The maximum absolute atomic E-state index is 12.8. The third kappa shape index (κ3) is 2.98. The Morgan fingerprint density at radius 3 is 2.62 bits per heavy atom. The van der Waals surface area contributed by atoms with Crippen molar-refractivity contribution in [1.82, 2.24) is 4.90 Å². The van der Waals surface area contributed by atoms with Gasteiger partial charge in [0, 0.05) is 19.0 Å². The van der Waals surface area contributed by atoms with Gasteiger partial charge in [-0.3, -0.25) is 4.79 Å². The van der Waals surface area contributed by atoms with Crippen molar-refractivity contribution in [3.8, 4) is 0 Å². The number of aryl methyl sites for hydroxylation is 1. The van der Waals surface area contributed by atoms with Crippen molar-refractivity contribution in [2.45, 2.75) is 57.0 Å². The molecule has 0 spiro atoms. The van der Waals surface area contributed by atoms with Crippen LogP contribution in [0.4, 0.5) is 0 Å². The molecule has 2 aliphatic carbocycles. The van der Waals surface area contributed by atoms with Gasteiger partial charge in [0.1, 0.15) is 0 Å². The summed E-state index contributed by atoms with van der Waals surface area (Å²) < 4.78 is 0. The third-order valence-corrected chi connectivity index (χ3v) is 5.27. The second-order valence-corrected chi connectivity index (χ2v) is 6.67. The standard InChI is InChI=1S/C18H26N2O/c1-20(18(21)14-9-11-15(19)12-10-14)17-8-4-6-13-5-2-3-7-16(13)17/h2-3,5,7,14-15,17H,4,6,8-12,19H2,1H3. The first-order valence-corrected chi connectivity index (χ1v) is 8.27. The summed E-state index contributed by atoms with van der Waals surface area (Å²) in [6.45, 7) is 0. The van der Waals surface area contributed by atoms with E-state index in [4.69, 9.17) is 5.73 Å². The van der Waals surface area contributed by atoms with Crippen LogP contribution < -0.4 is 5.73 Å². The Kier molecular flexibility index (Phi) is 4.29. The van der Waals surface area contributed by atoms with Crippen molar-refractivity contribution in [3.05, 3.63) is 35.4 Å². The summed E-state index contributed by atoms with van der Waals surface area (Å²) in [4.78, 5) is 14.8. The van der Waals surface area contributed by atoms with E-state index >= 15 is 0 Å². The van der Waals surface area contributed by atoms with Crippen LogP contribution in [0.15, 0.2) is 24.3 Å². The van der Waals surface area contributed by atoms with Gasteiger partial charge in [0.15, 0.2) is 0 Å². The van der Waals surface area contributed by atoms with Crippen LogP contribution >= 0.6 is 0 Å². The summed E-state index contributed by atoms with van der Waals surface area (Å²) >= 11 is 0. The van der Waals surface area contributed by atoms with Crippen LogP contribution in [0, 0.1) is 5.92 Å². The van der Waals surface area contributed by atoms with Crippen molar-refractivity contribution < 1.29 is 4.79 Å². The van der Waals surface area contributed by atoms with E-state index in [0.29, 0.717) is 11.9 Å². The average molecular weight is 286 g/mol. The molecule has 0 saturated heterocycles. The van der Waals surface area contributed by atoms with Gasteiger partial charge in [0.25, 0.3) is 0 Å². The first-order chi connectivity index (χ1) is 10.2. The van der Waals surface area contributed by atoms with Crippen LogP contribution in [0.5, 0.6) is 0 Å². The van der Waals surface area contributed by atoms with Gasteiger partial charge in [-0.1, -0.05) is 24.3 Å². The first-order valence-electron chi connectivity index (χ1n) is 8.27. The van der Waals surface area contributed by atoms with Crippen molar-refractivity contribution in [3.63, 3.8) is 0 Å². The molecule has 0 bridgehead atoms. The Morgan fingerprint density at radius 2 is 1.86 bits per heavy atom. The smallest absolute Gasteiger partial charge is 0.225 e. The molecule has 1 unspecified atom stereocenters. The SMILES string of the molecule is CN(C(=O)C1CCC(N)CC1)C1CCCc2ccccc21. The fourth-order valence-electron chi connectivity index (χ4n) is 3.94. The Morgan fingerprint density at radius 1 is 1.14 bits per heavy atom. The van der Waals surface area contributed by atoms with Gasteiger partial charge in [-0.25, -0.2) is 0 Å². The van der Waals surface area contributed by atoms with E-state index < -0.39 is 0 Å². The molecule has 1 aromatic carbocycles. The van der Waals surface area contributed by atoms with Gasteiger partial charge in [-0.2, -0.15) is 0 Å². The molecule has 1 fully saturated rings. The monoisotopic (exact) mass is 286 g/mol. The molecule has 1 amide bonds. The molecule has 1 atom stereocenters. The highest BCUT2D eigenvalue weighted by Gasteiger charge is 2.32. The molecule has 2 aliphatic rings. The second kappa shape index (κ2) is 6.18. The molecule has 21 heavy (non-hydrogen) atoms. The van der Waals surface area contributed by atoms with E-state index in [1.165, 1.54) is 17.5 Å². The summed E-state index contributed by atoms with van der Waals surface area (Å²) in [6.07, 6.45) is 7.31. The fraction of sp³-hybridized carbons (Fsp3) is 0.611. The molecule has 1 aromatic rings. The number of nitrogens with zero attached hydrogens (tertiary/aromatic N) is 1. The van der Waals surface area contributed by atoms with E-state index in [2.05, 4.69) is 24.3 Å². The van der Waals surface area contributed by atoms with Crippen LogP contribution in [-0.2, 0) is 11.2 Å². The maximum atomic E-state index is 12.8. The molecule has 0 aromatic heterocycles. The Balaban J connectivity index is 1.73. The quantitative estimate of drug-likeness (QED) is 0.908. The van der Waals surface area contributed by atoms with E-state index in [1.807, 2.05) is 11.9 Å². The summed E-state index contributed by atoms with van der Waals surface area (Å²) in [6, 6.07) is 9.16. The summed E-state index contributed by atoms with van der Waals surface area (Å²) in [5.41, 5.74) is 8.72. The van der Waals surface area contributed by atoms with Gasteiger partial charge >= 0.3 is 0 Å². The normalized spacial score (nSPS) is 28.8. The zero-order valence-electron chi connectivity index (χ0n) is 12.9. The predicted octanol–water partition coefficient (Wildman–Crippen LogP) is 3.04. The Bertz CT molecular complexity index is 506. The number of benzene rings is 1. The van der Waals surface area contributed by atoms with Crippen LogP contribution in [0.3, 0.4) is 0 Å². The minimum atomic E-state index is 0.184. The lowest BCUT2D eigenvalue weighted by atomic mass is 9.83. The number of nitrogens with two attached hydrogens (primary N) is 1. The van der Waals surface area contributed by atoms with Crippen LogP contribution in [0.25, 0.3) is 0 Å². The van der Waals surface area contributed by atoms with E-state index in [-0.39, 0.29) is 12.0 Å². The number of rotatable bonds is 2. The number of hydrogen-bond donors (Lipinski definition) is 1.